The van der Waals surface area contributed by atoms with Gasteiger partial charge in [-0.2, -0.15) is 0 Å². The van der Waals surface area contributed by atoms with E-state index >= 15 is 0 Å². The molecule has 0 spiro atoms. The van der Waals surface area contributed by atoms with Crippen LogP contribution in [-0.4, -0.2) is 37.2 Å². The average Bonchev–Trinajstić information content (AvgIpc) is 2.66. The fourth-order valence-electron chi connectivity index (χ4n) is 3.70. The monoisotopic (exact) mass is 428 g/mol. The lowest BCUT2D eigenvalue weighted by atomic mass is 9.95. The minimum atomic E-state index is -0.709. The molecule has 1 aliphatic carbocycles. The molecule has 6 nitrogen and oxygen atoms in total. The molecule has 6 heteroatoms. The van der Waals surface area contributed by atoms with Gasteiger partial charge in [0.05, 0.1) is 12.7 Å². The maximum Gasteiger partial charge on any atom is 0.508 e. The molecule has 1 aliphatic rings. The van der Waals surface area contributed by atoms with Crippen molar-refractivity contribution in [2.45, 2.75) is 129 Å². The molecule has 1 saturated carbocycles. The Morgan fingerprint density at radius 1 is 0.733 bits per heavy atom. The van der Waals surface area contributed by atoms with Crippen molar-refractivity contribution in [2.24, 2.45) is 5.92 Å². The predicted octanol–water partition coefficient (Wildman–Crippen LogP) is 7.18. The molecule has 30 heavy (non-hydrogen) atoms. The van der Waals surface area contributed by atoms with Gasteiger partial charge in [-0.3, -0.25) is 0 Å². The van der Waals surface area contributed by atoms with Crippen LogP contribution in [0.3, 0.4) is 0 Å². The molecular weight excluding hydrogens is 384 g/mol. The first-order valence-corrected chi connectivity index (χ1v) is 12.1. The lowest BCUT2D eigenvalue weighted by molar-refractivity contribution is -0.0752. The van der Waals surface area contributed by atoms with Gasteiger partial charge in [-0.15, -0.1) is 0 Å². The van der Waals surface area contributed by atoms with Crippen LogP contribution in [0, 0.1) is 5.92 Å². The standard InChI is InChI=1S/C24H44O6/c1-19(2)15-11-9-7-5-6-8-10-14-18-27-23(25)29-21-16-12-13-17-22(21)30-24(26)28-20(3)4/h19-22H,5-18H2,1-4H3. The second-order valence-electron chi connectivity index (χ2n) is 9.12. The molecule has 0 aliphatic heterocycles. The molecule has 0 aromatic heterocycles. The van der Waals surface area contributed by atoms with Crippen molar-refractivity contribution in [3.05, 3.63) is 0 Å². The maximum atomic E-state index is 12.0. The van der Waals surface area contributed by atoms with E-state index in [-0.39, 0.29) is 6.10 Å². The summed E-state index contributed by atoms with van der Waals surface area (Å²) in [5, 5.41) is 0. The number of rotatable bonds is 14. The zero-order valence-electron chi connectivity index (χ0n) is 19.7. The van der Waals surface area contributed by atoms with E-state index in [0.717, 1.165) is 31.6 Å². The Kier molecular flexibility index (Phi) is 14.4. The summed E-state index contributed by atoms with van der Waals surface area (Å²) >= 11 is 0. The Morgan fingerprint density at radius 2 is 1.23 bits per heavy atom. The summed E-state index contributed by atoms with van der Waals surface area (Å²) in [5.41, 5.74) is 0. The number of carbonyl (C=O) groups is 2. The fourth-order valence-corrected chi connectivity index (χ4v) is 3.70. The van der Waals surface area contributed by atoms with Gasteiger partial charge in [0, 0.05) is 0 Å². The van der Waals surface area contributed by atoms with Crippen LogP contribution in [0.4, 0.5) is 9.59 Å². The van der Waals surface area contributed by atoms with E-state index in [4.69, 9.17) is 18.9 Å². The smallest absolute Gasteiger partial charge is 0.434 e. The SMILES string of the molecule is CC(C)CCCCCCCCCCOC(=O)OC1CCCCC1OC(=O)OC(C)C. The maximum absolute atomic E-state index is 12.0. The van der Waals surface area contributed by atoms with E-state index in [0.29, 0.717) is 19.4 Å². The minimum Gasteiger partial charge on any atom is -0.434 e. The van der Waals surface area contributed by atoms with E-state index in [2.05, 4.69) is 13.8 Å². The summed E-state index contributed by atoms with van der Waals surface area (Å²) in [5.74, 6) is 0.814. The molecular formula is C24H44O6. The van der Waals surface area contributed by atoms with Crippen molar-refractivity contribution in [3.63, 3.8) is 0 Å². The van der Waals surface area contributed by atoms with Crippen molar-refractivity contribution < 1.29 is 28.5 Å². The van der Waals surface area contributed by atoms with Crippen molar-refractivity contribution in [1.29, 1.82) is 0 Å². The van der Waals surface area contributed by atoms with Crippen LogP contribution >= 0.6 is 0 Å². The van der Waals surface area contributed by atoms with Crippen LogP contribution in [0.1, 0.15) is 111 Å². The Morgan fingerprint density at radius 3 is 1.77 bits per heavy atom. The molecule has 0 bridgehead atoms. The number of hydrogen-bond acceptors (Lipinski definition) is 6. The van der Waals surface area contributed by atoms with Gasteiger partial charge in [0.15, 0.2) is 0 Å². The molecule has 0 radical (unpaired) electrons. The lowest BCUT2D eigenvalue weighted by Gasteiger charge is -2.30. The molecule has 1 rings (SSSR count). The first-order chi connectivity index (χ1) is 14.4. The molecule has 0 amide bonds. The van der Waals surface area contributed by atoms with Crippen LogP contribution in [0.5, 0.6) is 0 Å². The van der Waals surface area contributed by atoms with Gasteiger partial charge >= 0.3 is 12.3 Å². The highest BCUT2D eigenvalue weighted by atomic mass is 16.8. The highest BCUT2D eigenvalue weighted by Crippen LogP contribution is 2.25. The normalized spacial score (nSPS) is 19.0. The molecule has 176 valence electrons. The van der Waals surface area contributed by atoms with Crippen LogP contribution in [0.25, 0.3) is 0 Å². The Balaban J connectivity index is 2.07. The first-order valence-electron chi connectivity index (χ1n) is 12.1. The summed E-state index contributed by atoms with van der Waals surface area (Å²) in [7, 11) is 0. The largest absolute Gasteiger partial charge is 0.508 e. The predicted molar refractivity (Wildman–Crippen MR) is 118 cm³/mol. The van der Waals surface area contributed by atoms with Crippen molar-refractivity contribution in [1.82, 2.24) is 0 Å². The fraction of sp³-hybridized carbons (Fsp3) is 0.917. The lowest BCUT2D eigenvalue weighted by Crippen LogP contribution is -2.38. The molecule has 2 atom stereocenters. The van der Waals surface area contributed by atoms with Crippen LogP contribution < -0.4 is 0 Å². The van der Waals surface area contributed by atoms with Gasteiger partial charge in [-0.25, -0.2) is 9.59 Å². The molecule has 0 N–H and O–H groups in total. The Bertz CT molecular complexity index is 463. The molecule has 0 saturated heterocycles. The third-order valence-corrected chi connectivity index (χ3v) is 5.36. The molecule has 0 aromatic carbocycles. The van der Waals surface area contributed by atoms with Gasteiger partial charge in [-0.1, -0.05) is 65.2 Å². The molecule has 2 unspecified atom stereocenters. The summed E-state index contributed by atoms with van der Waals surface area (Å²) < 4.78 is 21.0. The third-order valence-electron chi connectivity index (χ3n) is 5.36. The van der Waals surface area contributed by atoms with Crippen LogP contribution in [0.15, 0.2) is 0 Å². The van der Waals surface area contributed by atoms with E-state index < -0.39 is 24.5 Å². The number of ether oxygens (including phenoxy) is 4. The first kappa shape index (κ1) is 26.6. The summed E-state index contributed by atoms with van der Waals surface area (Å²) in [6, 6.07) is 0. The second kappa shape index (κ2) is 16.3. The Labute approximate surface area is 183 Å². The average molecular weight is 429 g/mol. The van der Waals surface area contributed by atoms with Gasteiger partial charge in [0.1, 0.15) is 12.2 Å². The number of carbonyl (C=O) groups excluding carboxylic acids is 2. The molecule has 0 aromatic rings. The van der Waals surface area contributed by atoms with E-state index in [1.165, 1.54) is 44.9 Å². The third kappa shape index (κ3) is 13.7. The van der Waals surface area contributed by atoms with Crippen molar-refractivity contribution >= 4 is 12.3 Å². The summed E-state index contributed by atoms with van der Waals surface area (Å²) in [4.78, 5) is 23.7. The minimum absolute atomic E-state index is 0.240. The van der Waals surface area contributed by atoms with Crippen LogP contribution in [0.2, 0.25) is 0 Å². The van der Waals surface area contributed by atoms with Crippen LogP contribution in [-0.2, 0) is 18.9 Å². The van der Waals surface area contributed by atoms with E-state index in [9.17, 15) is 9.59 Å². The highest BCUT2D eigenvalue weighted by molar-refractivity contribution is 5.61. The summed E-state index contributed by atoms with van der Waals surface area (Å²) in [6.07, 6.45) is 11.7. The zero-order valence-corrected chi connectivity index (χ0v) is 19.7. The van der Waals surface area contributed by atoms with Gasteiger partial charge < -0.3 is 18.9 Å². The second-order valence-corrected chi connectivity index (χ2v) is 9.12. The Hall–Kier alpha value is -1.46. The number of unbranched alkanes of at least 4 members (excludes halogenated alkanes) is 7. The summed E-state index contributed by atoms with van der Waals surface area (Å²) in [6.45, 7) is 8.47. The highest BCUT2D eigenvalue weighted by Gasteiger charge is 2.32. The van der Waals surface area contributed by atoms with Crippen molar-refractivity contribution in [2.75, 3.05) is 6.61 Å². The topological polar surface area (TPSA) is 71.1 Å². The van der Waals surface area contributed by atoms with E-state index in [1.807, 2.05) is 0 Å². The zero-order chi connectivity index (χ0) is 22.2. The van der Waals surface area contributed by atoms with Gasteiger partial charge in [0.2, 0.25) is 0 Å². The molecule has 0 heterocycles. The van der Waals surface area contributed by atoms with Crippen molar-refractivity contribution in [3.8, 4) is 0 Å². The number of hydrogen-bond donors (Lipinski definition) is 0. The van der Waals surface area contributed by atoms with E-state index in [1.54, 1.807) is 13.8 Å². The van der Waals surface area contributed by atoms with Gasteiger partial charge in [-0.05, 0) is 51.9 Å². The quantitative estimate of drug-likeness (QED) is 0.215. The molecule has 1 fully saturated rings. The van der Waals surface area contributed by atoms with Gasteiger partial charge in [0.25, 0.3) is 0 Å².